The van der Waals surface area contributed by atoms with Crippen LogP contribution in [0.25, 0.3) is 38.9 Å². The lowest BCUT2D eigenvalue weighted by Crippen LogP contribution is -2.74. The second kappa shape index (κ2) is 12.5. The van der Waals surface area contributed by atoms with Gasteiger partial charge < -0.3 is 4.74 Å². The Morgan fingerprint density at radius 2 is 1.19 bits per heavy atom. The summed E-state index contributed by atoms with van der Waals surface area (Å²) in [5.41, 5.74) is 7.15. The molecule has 0 aliphatic carbocycles. The van der Waals surface area contributed by atoms with Crippen LogP contribution in [0.5, 0.6) is 11.5 Å². The average Bonchev–Trinajstić information content (AvgIpc) is 3.58. The van der Waals surface area contributed by atoms with Crippen molar-refractivity contribution in [3.8, 4) is 28.4 Å². The summed E-state index contributed by atoms with van der Waals surface area (Å²) >= 11 is 0. The smallest absolute Gasteiger partial charge is 0.179 e. The van der Waals surface area contributed by atoms with Crippen molar-refractivity contribution < 1.29 is 4.74 Å². The first-order valence-electron chi connectivity index (χ1n) is 18.5. The number of hydrogen-bond donors (Lipinski definition) is 0. The molecule has 0 saturated carbocycles. The highest BCUT2D eigenvalue weighted by Crippen LogP contribution is 2.51. The minimum absolute atomic E-state index is 0.254. The van der Waals surface area contributed by atoms with E-state index in [0.717, 1.165) is 55.9 Å². The molecule has 0 fully saturated rings. The maximum absolute atomic E-state index is 6.93. The standard InChI is InChI=1S/C49H37N3OSi/c1-49(2)42-25-9-10-27-45(42)53-47-43(49)29-28-40-41-24-15-31-51-48(41)52(46(40)47)35-17-14-23-39(33-35)54(36-18-5-3-6-19-36,37-20-7-4-8-21-37)38-22-13-16-34(32-38)44-26-11-12-30-50-44/h3-33H,1-2H3. The molecule has 0 spiro atoms. The van der Waals surface area contributed by atoms with Crippen LogP contribution in [0, 0.1) is 0 Å². The molecule has 0 N–H and O–H groups in total. The molecular weight excluding hydrogens is 675 g/mol. The first-order valence-corrected chi connectivity index (χ1v) is 20.5. The Hall–Kier alpha value is -6.56. The van der Waals surface area contributed by atoms with E-state index in [1.165, 1.54) is 26.3 Å². The van der Waals surface area contributed by atoms with Crippen molar-refractivity contribution >= 4 is 50.8 Å². The highest BCUT2D eigenvalue weighted by Gasteiger charge is 2.42. The van der Waals surface area contributed by atoms with Crippen molar-refractivity contribution in [1.29, 1.82) is 0 Å². The highest BCUT2D eigenvalue weighted by atomic mass is 28.3. The fourth-order valence-electron chi connectivity index (χ4n) is 8.78. The molecule has 6 aromatic carbocycles. The van der Waals surface area contributed by atoms with Crippen molar-refractivity contribution in [3.05, 3.63) is 199 Å². The number of pyridine rings is 2. The predicted molar refractivity (Wildman–Crippen MR) is 224 cm³/mol. The van der Waals surface area contributed by atoms with E-state index in [1.54, 1.807) is 0 Å². The molecule has 1 aliphatic rings. The molecule has 0 unspecified atom stereocenters. The first kappa shape index (κ1) is 32.1. The Kier molecular flexibility index (Phi) is 7.46. The number of ether oxygens (including phenoxy) is 1. The fourth-order valence-corrected chi connectivity index (χ4v) is 13.6. The van der Waals surface area contributed by atoms with Crippen LogP contribution in [0.3, 0.4) is 0 Å². The number of para-hydroxylation sites is 1. The van der Waals surface area contributed by atoms with Crippen LogP contribution in [-0.2, 0) is 5.41 Å². The number of benzene rings is 6. The van der Waals surface area contributed by atoms with Gasteiger partial charge in [0.2, 0.25) is 0 Å². The molecule has 0 atom stereocenters. The minimum atomic E-state index is -2.93. The summed E-state index contributed by atoms with van der Waals surface area (Å²) in [5.74, 6) is 1.78. The Balaban J connectivity index is 1.28. The van der Waals surface area contributed by atoms with Crippen molar-refractivity contribution in [3.63, 3.8) is 0 Å². The molecule has 0 amide bonds. The molecule has 0 bridgehead atoms. The minimum Gasteiger partial charge on any atom is -0.454 e. The third-order valence-corrected chi connectivity index (χ3v) is 16.0. The lowest BCUT2D eigenvalue weighted by atomic mass is 9.75. The van der Waals surface area contributed by atoms with E-state index < -0.39 is 8.07 Å². The van der Waals surface area contributed by atoms with Gasteiger partial charge in [0.1, 0.15) is 11.4 Å². The molecule has 1 aliphatic heterocycles. The molecule has 3 aromatic heterocycles. The summed E-state index contributed by atoms with van der Waals surface area (Å²) in [6.07, 6.45) is 3.76. The van der Waals surface area contributed by atoms with Crippen molar-refractivity contribution in [2.24, 2.45) is 0 Å². The number of hydrogen-bond acceptors (Lipinski definition) is 3. The van der Waals surface area contributed by atoms with Crippen LogP contribution in [0.2, 0.25) is 0 Å². The third-order valence-electron chi connectivity index (χ3n) is 11.3. The predicted octanol–water partition coefficient (Wildman–Crippen LogP) is 9.05. The number of aromatic nitrogens is 3. The van der Waals surface area contributed by atoms with Gasteiger partial charge in [-0.05, 0) is 63.2 Å². The summed E-state index contributed by atoms with van der Waals surface area (Å²) in [7, 11) is -2.93. The molecule has 5 heteroatoms. The molecule has 10 rings (SSSR count). The van der Waals surface area contributed by atoms with Crippen LogP contribution >= 0.6 is 0 Å². The second-order valence-electron chi connectivity index (χ2n) is 14.6. The van der Waals surface area contributed by atoms with Crippen LogP contribution in [-0.4, -0.2) is 22.6 Å². The van der Waals surface area contributed by atoms with E-state index in [1.807, 2.05) is 24.5 Å². The Morgan fingerprint density at radius 1 is 0.519 bits per heavy atom. The largest absolute Gasteiger partial charge is 0.454 e. The lowest BCUT2D eigenvalue weighted by molar-refractivity contribution is 0.421. The van der Waals surface area contributed by atoms with Crippen LogP contribution < -0.4 is 25.5 Å². The van der Waals surface area contributed by atoms with E-state index in [4.69, 9.17) is 14.7 Å². The molecule has 4 heterocycles. The summed E-state index contributed by atoms with van der Waals surface area (Å²) in [5, 5.41) is 7.41. The molecule has 0 saturated heterocycles. The van der Waals surface area contributed by atoms with E-state index in [0.29, 0.717) is 0 Å². The van der Waals surface area contributed by atoms with Gasteiger partial charge in [0, 0.05) is 51.0 Å². The van der Waals surface area contributed by atoms with Crippen molar-refractivity contribution in [2.45, 2.75) is 19.3 Å². The van der Waals surface area contributed by atoms with E-state index in [2.05, 4.69) is 182 Å². The van der Waals surface area contributed by atoms with Crippen LogP contribution in [0.1, 0.15) is 25.0 Å². The van der Waals surface area contributed by atoms with Gasteiger partial charge in [-0.1, -0.05) is 147 Å². The van der Waals surface area contributed by atoms with Gasteiger partial charge >= 0.3 is 0 Å². The number of fused-ring (bicyclic) bond motifs is 6. The molecule has 258 valence electrons. The number of rotatable bonds is 6. The molecule has 54 heavy (non-hydrogen) atoms. The quantitative estimate of drug-likeness (QED) is 0.128. The van der Waals surface area contributed by atoms with Crippen LogP contribution in [0.4, 0.5) is 0 Å². The zero-order valence-electron chi connectivity index (χ0n) is 30.1. The average molecular weight is 712 g/mol. The summed E-state index contributed by atoms with van der Waals surface area (Å²) in [6.45, 7) is 4.59. The monoisotopic (exact) mass is 711 g/mol. The van der Waals surface area contributed by atoms with Gasteiger partial charge in [-0.15, -0.1) is 0 Å². The van der Waals surface area contributed by atoms with Gasteiger partial charge in [0.15, 0.2) is 13.8 Å². The summed E-state index contributed by atoms with van der Waals surface area (Å²) in [6, 6.07) is 63.6. The zero-order chi connectivity index (χ0) is 36.3. The van der Waals surface area contributed by atoms with Crippen molar-refractivity contribution in [2.75, 3.05) is 0 Å². The number of nitrogens with zero attached hydrogens (tertiary/aromatic N) is 3. The molecular formula is C49H37N3OSi. The molecule has 4 nitrogen and oxygen atoms in total. The van der Waals surface area contributed by atoms with Crippen LogP contribution in [0.15, 0.2) is 188 Å². The highest BCUT2D eigenvalue weighted by molar-refractivity contribution is 7.20. The maximum Gasteiger partial charge on any atom is 0.179 e. The van der Waals surface area contributed by atoms with Gasteiger partial charge in [0.25, 0.3) is 0 Å². The lowest BCUT2D eigenvalue weighted by Gasteiger charge is -2.35. The van der Waals surface area contributed by atoms with Gasteiger partial charge in [-0.2, -0.15) is 0 Å². The Bertz CT molecular complexity index is 2790. The zero-order valence-corrected chi connectivity index (χ0v) is 31.1. The topological polar surface area (TPSA) is 39.9 Å². The molecule has 0 radical (unpaired) electrons. The SMILES string of the molecule is CC1(C)c2ccccc2Oc2c1ccc1c3cccnc3n(-c3cccc([Si](c4ccccc4)(c4ccccc4)c4cccc(-c5ccccn5)c4)c3)c21. The van der Waals surface area contributed by atoms with E-state index in [-0.39, 0.29) is 5.41 Å². The van der Waals surface area contributed by atoms with E-state index in [9.17, 15) is 0 Å². The Labute approximate surface area is 316 Å². The van der Waals surface area contributed by atoms with Gasteiger partial charge in [-0.25, -0.2) is 4.98 Å². The van der Waals surface area contributed by atoms with E-state index >= 15 is 0 Å². The first-order chi connectivity index (χ1) is 26.5. The third kappa shape index (κ3) is 4.82. The summed E-state index contributed by atoms with van der Waals surface area (Å²) < 4.78 is 9.26. The molecule has 9 aromatic rings. The Morgan fingerprint density at radius 3 is 1.94 bits per heavy atom. The van der Waals surface area contributed by atoms with Gasteiger partial charge in [0.05, 0.1) is 11.2 Å². The second-order valence-corrected chi connectivity index (χ2v) is 18.4. The van der Waals surface area contributed by atoms with Crippen molar-refractivity contribution in [1.82, 2.24) is 14.5 Å². The fraction of sp³-hybridized carbons (Fsp3) is 0.0612. The van der Waals surface area contributed by atoms with Gasteiger partial charge in [-0.3, -0.25) is 9.55 Å². The summed E-state index contributed by atoms with van der Waals surface area (Å²) in [4.78, 5) is 9.80. The normalized spacial score (nSPS) is 13.3. The maximum atomic E-state index is 6.93.